The minimum absolute atomic E-state index is 0.00380. The smallest absolute Gasteiger partial charge is 0.355 e. The molecule has 0 radical (unpaired) electrons. The minimum Gasteiger partial charge on any atom is -0.448 e. The van der Waals surface area contributed by atoms with Gasteiger partial charge in [0.1, 0.15) is 5.71 Å². The molecule has 1 fully saturated rings. The summed E-state index contributed by atoms with van der Waals surface area (Å²) in [6, 6.07) is 6.63. The summed E-state index contributed by atoms with van der Waals surface area (Å²) < 4.78 is 28.6. The lowest BCUT2D eigenvalue weighted by Crippen LogP contribution is -2.42. The molecule has 0 saturated carbocycles. The Morgan fingerprint density at radius 1 is 1.31 bits per heavy atom. The molecule has 2 aliphatic rings. The first-order valence-electron chi connectivity index (χ1n) is 9.33. The molecule has 0 aliphatic carbocycles. The maximum Gasteiger partial charge on any atom is 0.355 e. The van der Waals surface area contributed by atoms with Crippen LogP contribution in [0.15, 0.2) is 29.4 Å². The normalized spacial score (nSPS) is 22.0. The molecule has 2 heterocycles. The molecule has 9 nitrogen and oxygen atoms in total. The number of anilines is 1. The SMILES string of the molecule is Cc1cccc(NC(=O)[C@H](C)OC(=O)C2=NN([C@@H]3CCS(=O)(=O)C3)C(=O)CC2)c1. The summed E-state index contributed by atoms with van der Waals surface area (Å²) in [6.45, 7) is 3.34. The molecule has 0 bridgehead atoms. The highest BCUT2D eigenvalue weighted by molar-refractivity contribution is 7.91. The summed E-state index contributed by atoms with van der Waals surface area (Å²) in [6.07, 6.45) is -0.660. The van der Waals surface area contributed by atoms with Gasteiger partial charge in [-0.05, 0) is 38.0 Å². The van der Waals surface area contributed by atoms with E-state index in [2.05, 4.69) is 10.4 Å². The highest BCUT2D eigenvalue weighted by atomic mass is 32.2. The molecule has 0 spiro atoms. The second-order valence-electron chi connectivity index (χ2n) is 7.25. The molecule has 1 saturated heterocycles. The zero-order valence-corrected chi connectivity index (χ0v) is 17.1. The third-order valence-electron chi connectivity index (χ3n) is 4.79. The number of aryl methyl sites for hydroxylation is 1. The fourth-order valence-corrected chi connectivity index (χ4v) is 4.91. The lowest BCUT2D eigenvalue weighted by molar-refractivity contribution is -0.147. The number of benzene rings is 1. The number of rotatable bonds is 5. The Hall–Kier alpha value is -2.75. The molecule has 2 atom stereocenters. The van der Waals surface area contributed by atoms with Crippen LogP contribution in [0.3, 0.4) is 0 Å². The maximum atomic E-state index is 12.4. The number of sulfone groups is 1. The Bertz CT molecular complexity index is 972. The van der Waals surface area contributed by atoms with Crippen LogP contribution in [0.4, 0.5) is 5.69 Å². The number of carbonyl (C=O) groups is 3. The molecule has 0 aromatic heterocycles. The van der Waals surface area contributed by atoms with Crippen LogP contribution in [-0.4, -0.2) is 60.6 Å². The number of nitrogens with one attached hydrogen (secondary N) is 1. The molecule has 156 valence electrons. The van der Waals surface area contributed by atoms with E-state index in [1.165, 1.54) is 6.92 Å². The first-order valence-corrected chi connectivity index (χ1v) is 11.2. The summed E-state index contributed by atoms with van der Waals surface area (Å²) in [5.74, 6) is -1.79. The van der Waals surface area contributed by atoms with E-state index in [1.54, 1.807) is 18.2 Å². The Labute approximate surface area is 169 Å². The Balaban J connectivity index is 1.63. The molecular weight excluding hydrogens is 398 g/mol. The number of hydrogen-bond acceptors (Lipinski definition) is 7. The zero-order chi connectivity index (χ0) is 21.2. The number of amides is 2. The highest BCUT2D eigenvalue weighted by Crippen LogP contribution is 2.22. The van der Waals surface area contributed by atoms with Crippen molar-refractivity contribution in [3.05, 3.63) is 29.8 Å². The van der Waals surface area contributed by atoms with Crippen LogP contribution >= 0.6 is 0 Å². The first-order chi connectivity index (χ1) is 13.6. The zero-order valence-electron chi connectivity index (χ0n) is 16.3. The lowest BCUT2D eigenvalue weighted by Gasteiger charge is -2.27. The van der Waals surface area contributed by atoms with E-state index >= 15 is 0 Å². The number of ether oxygens (including phenoxy) is 1. The summed E-state index contributed by atoms with van der Waals surface area (Å²) in [5.41, 5.74) is 1.57. The highest BCUT2D eigenvalue weighted by Gasteiger charge is 2.37. The molecule has 2 aliphatic heterocycles. The monoisotopic (exact) mass is 421 g/mol. The van der Waals surface area contributed by atoms with E-state index in [4.69, 9.17) is 4.74 Å². The largest absolute Gasteiger partial charge is 0.448 e. The molecule has 1 aromatic rings. The number of esters is 1. The van der Waals surface area contributed by atoms with Crippen molar-refractivity contribution in [1.82, 2.24) is 5.01 Å². The average molecular weight is 421 g/mol. The van der Waals surface area contributed by atoms with Gasteiger partial charge in [0.2, 0.25) is 5.91 Å². The fourth-order valence-electron chi connectivity index (χ4n) is 3.22. The number of carbonyl (C=O) groups excluding carboxylic acids is 3. The van der Waals surface area contributed by atoms with Crippen molar-refractivity contribution in [1.29, 1.82) is 0 Å². The molecule has 10 heteroatoms. The van der Waals surface area contributed by atoms with Crippen molar-refractivity contribution in [3.8, 4) is 0 Å². The van der Waals surface area contributed by atoms with Gasteiger partial charge in [0.25, 0.3) is 5.91 Å². The van der Waals surface area contributed by atoms with Crippen LogP contribution in [0.2, 0.25) is 0 Å². The molecular formula is C19H23N3O6S. The van der Waals surface area contributed by atoms with Crippen LogP contribution in [-0.2, 0) is 29.0 Å². The van der Waals surface area contributed by atoms with Crippen LogP contribution in [0.5, 0.6) is 0 Å². The second kappa shape index (κ2) is 8.32. The molecule has 3 rings (SSSR count). The van der Waals surface area contributed by atoms with Crippen molar-refractivity contribution in [3.63, 3.8) is 0 Å². The van der Waals surface area contributed by atoms with Gasteiger partial charge in [-0.3, -0.25) is 9.59 Å². The summed E-state index contributed by atoms with van der Waals surface area (Å²) in [7, 11) is -3.20. The van der Waals surface area contributed by atoms with E-state index in [-0.39, 0.29) is 42.4 Å². The van der Waals surface area contributed by atoms with Crippen LogP contribution < -0.4 is 5.32 Å². The predicted molar refractivity (Wildman–Crippen MR) is 106 cm³/mol. The van der Waals surface area contributed by atoms with E-state index in [0.29, 0.717) is 5.69 Å². The van der Waals surface area contributed by atoms with E-state index < -0.39 is 33.9 Å². The molecule has 1 aromatic carbocycles. The Morgan fingerprint density at radius 3 is 2.72 bits per heavy atom. The number of hydrogen-bond donors (Lipinski definition) is 1. The Kier molecular flexibility index (Phi) is 6.02. The van der Waals surface area contributed by atoms with Crippen molar-refractivity contribution < 1.29 is 27.5 Å². The van der Waals surface area contributed by atoms with Crippen molar-refractivity contribution in [2.24, 2.45) is 5.10 Å². The average Bonchev–Trinajstić information content (AvgIpc) is 3.01. The molecule has 2 amide bonds. The lowest BCUT2D eigenvalue weighted by atomic mass is 10.1. The van der Waals surface area contributed by atoms with Gasteiger partial charge in [-0.2, -0.15) is 5.10 Å². The van der Waals surface area contributed by atoms with Gasteiger partial charge in [0, 0.05) is 18.5 Å². The first kappa shape index (κ1) is 21.0. The van der Waals surface area contributed by atoms with Gasteiger partial charge in [-0.15, -0.1) is 0 Å². The topological polar surface area (TPSA) is 122 Å². The summed E-state index contributed by atoms with van der Waals surface area (Å²) >= 11 is 0. The van der Waals surface area contributed by atoms with Gasteiger partial charge < -0.3 is 10.1 Å². The quantitative estimate of drug-likeness (QED) is 0.709. The Morgan fingerprint density at radius 2 is 2.07 bits per heavy atom. The molecule has 1 N–H and O–H groups in total. The van der Waals surface area contributed by atoms with Crippen molar-refractivity contribution in [2.45, 2.75) is 45.3 Å². The molecule has 0 unspecified atom stereocenters. The van der Waals surface area contributed by atoms with Gasteiger partial charge in [-0.25, -0.2) is 18.2 Å². The third kappa shape index (κ3) is 5.20. The van der Waals surface area contributed by atoms with Gasteiger partial charge >= 0.3 is 5.97 Å². The van der Waals surface area contributed by atoms with Gasteiger partial charge in [-0.1, -0.05) is 12.1 Å². The number of nitrogens with zero attached hydrogens (tertiary/aromatic N) is 2. The predicted octanol–water partition coefficient (Wildman–Crippen LogP) is 1.03. The van der Waals surface area contributed by atoms with Gasteiger partial charge in [0.05, 0.1) is 17.5 Å². The minimum atomic E-state index is -3.20. The van der Waals surface area contributed by atoms with Gasteiger partial charge in [0.15, 0.2) is 15.9 Å². The second-order valence-corrected chi connectivity index (χ2v) is 9.48. The molecule has 29 heavy (non-hydrogen) atoms. The van der Waals surface area contributed by atoms with E-state index in [1.807, 2.05) is 13.0 Å². The van der Waals surface area contributed by atoms with Crippen LogP contribution in [0, 0.1) is 6.92 Å². The van der Waals surface area contributed by atoms with E-state index in [0.717, 1.165) is 10.6 Å². The maximum absolute atomic E-state index is 12.4. The van der Waals surface area contributed by atoms with Crippen LogP contribution in [0.25, 0.3) is 0 Å². The van der Waals surface area contributed by atoms with Crippen molar-refractivity contribution >= 4 is 39.0 Å². The number of hydrazone groups is 1. The summed E-state index contributed by atoms with van der Waals surface area (Å²) in [5, 5.41) is 7.81. The summed E-state index contributed by atoms with van der Waals surface area (Å²) in [4.78, 5) is 36.8. The fraction of sp³-hybridized carbons (Fsp3) is 0.474. The van der Waals surface area contributed by atoms with Crippen LogP contribution in [0.1, 0.15) is 31.7 Å². The van der Waals surface area contributed by atoms with E-state index in [9.17, 15) is 22.8 Å². The standard InChI is InChI=1S/C19H23N3O6S/c1-12-4-3-5-14(10-12)20-18(24)13(2)28-19(25)16-6-7-17(23)22(21-16)15-8-9-29(26,27)11-15/h3-5,10,13,15H,6-9,11H2,1-2H3,(H,20,24)/t13-,15+/m0/s1. The van der Waals surface area contributed by atoms with Crippen molar-refractivity contribution in [2.75, 3.05) is 16.8 Å². The third-order valence-corrected chi connectivity index (χ3v) is 6.54.